The lowest BCUT2D eigenvalue weighted by molar-refractivity contribution is 0.102. The van der Waals surface area contributed by atoms with E-state index in [1.807, 2.05) is 60.7 Å². The number of aromatic nitrogens is 3. The number of amides is 1. The van der Waals surface area contributed by atoms with Gasteiger partial charge in [-0.15, -0.1) is 0 Å². The van der Waals surface area contributed by atoms with E-state index in [0.29, 0.717) is 41.0 Å². The number of hydrogen-bond donors (Lipinski definition) is 1. The highest BCUT2D eigenvalue weighted by molar-refractivity contribution is 6.33. The largest absolute Gasteiger partial charge is 0.487 e. The van der Waals surface area contributed by atoms with E-state index in [4.69, 9.17) is 16.3 Å². The summed E-state index contributed by atoms with van der Waals surface area (Å²) in [6, 6.07) is 22.7. The van der Waals surface area contributed by atoms with E-state index >= 15 is 0 Å². The standard InChI is InChI=1S/C24H21ClN4O2/c1-17-22(23(25)29(28-17)15-18-8-3-2-4-9-18)24(30)27-19-11-7-12-21(14-19)31-16-20-10-5-6-13-26-20/h2-14H,15-16H2,1H3,(H,27,30). The van der Waals surface area contributed by atoms with E-state index in [1.165, 1.54) is 0 Å². The molecule has 7 heteroatoms. The lowest BCUT2D eigenvalue weighted by atomic mass is 10.2. The van der Waals surface area contributed by atoms with Crippen molar-refractivity contribution in [2.24, 2.45) is 0 Å². The zero-order chi connectivity index (χ0) is 21.6. The van der Waals surface area contributed by atoms with Gasteiger partial charge in [-0.05, 0) is 36.8 Å². The fourth-order valence-electron chi connectivity index (χ4n) is 3.17. The van der Waals surface area contributed by atoms with Gasteiger partial charge in [0.1, 0.15) is 17.5 Å². The van der Waals surface area contributed by atoms with Gasteiger partial charge < -0.3 is 10.1 Å². The van der Waals surface area contributed by atoms with Gasteiger partial charge in [0.25, 0.3) is 5.91 Å². The summed E-state index contributed by atoms with van der Waals surface area (Å²) in [5.41, 5.74) is 3.41. The lowest BCUT2D eigenvalue weighted by Crippen LogP contribution is -2.13. The molecule has 0 bridgehead atoms. The van der Waals surface area contributed by atoms with E-state index in [9.17, 15) is 4.79 Å². The van der Waals surface area contributed by atoms with Gasteiger partial charge in [0, 0.05) is 18.0 Å². The average molecular weight is 433 g/mol. The molecule has 0 aliphatic rings. The molecule has 0 saturated heterocycles. The van der Waals surface area contributed by atoms with Crippen molar-refractivity contribution < 1.29 is 9.53 Å². The highest BCUT2D eigenvalue weighted by Crippen LogP contribution is 2.24. The fraction of sp³-hybridized carbons (Fsp3) is 0.125. The summed E-state index contributed by atoms with van der Waals surface area (Å²) in [4.78, 5) is 17.1. The van der Waals surface area contributed by atoms with Gasteiger partial charge in [0.05, 0.1) is 23.5 Å². The normalized spacial score (nSPS) is 10.6. The Morgan fingerprint density at radius 2 is 1.87 bits per heavy atom. The van der Waals surface area contributed by atoms with Crippen LogP contribution in [0.4, 0.5) is 5.69 Å². The Hall–Kier alpha value is -3.64. The molecule has 0 atom stereocenters. The molecular formula is C24H21ClN4O2. The molecule has 0 saturated carbocycles. The Balaban J connectivity index is 1.46. The second kappa shape index (κ2) is 9.45. The first-order valence-electron chi connectivity index (χ1n) is 9.81. The summed E-state index contributed by atoms with van der Waals surface area (Å²) < 4.78 is 7.41. The predicted molar refractivity (Wildman–Crippen MR) is 120 cm³/mol. The van der Waals surface area contributed by atoms with Gasteiger partial charge >= 0.3 is 0 Å². The molecule has 0 unspecified atom stereocenters. The number of halogens is 1. The molecule has 2 aromatic carbocycles. The summed E-state index contributed by atoms with van der Waals surface area (Å²) in [6.07, 6.45) is 1.72. The Labute approximate surface area is 185 Å². The number of aryl methyl sites for hydroxylation is 1. The minimum absolute atomic E-state index is 0.307. The minimum Gasteiger partial charge on any atom is -0.487 e. The van der Waals surface area contributed by atoms with Gasteiger partial charge in [-0.25, -0.2) is 4.68 Å². The number of benzene rings is 2. The highest BCUT2D eigenvalue weighted by atomic mass is 35.5. The number of ether oxygens (including phenoxy) is 1. The van der Waals surface area contributed by atoms with Crippen molar-refractivity contribution in [3.8, 4) is 5.75 Å². The van der Waals surface area contributed by atoms with Crippen LogP contribution in [0.25, 0.3) is 0 Å². The van der Waals surface area contributed by atoms with E-state index in [0.717, 1.165) is 11.3 Å². The molecule has 4 aromatic rings. The zero-order valence-corrected chi connectivity index (χ0v) is 17.7. The molecule has 2 heterocycles. The molecule has 0 aliphatic carbocycles. The van der Waals surface area contributed by atoms with E-state index in [-0.39, 0.29) is 5.91 Å². The van der Waals surface area contributed by atoms with Crippen LogP contribution in [0.15, 0.2) is 79.0 Å². The van der Waals surface area contributed by atoms with Gasteiger partial charge in [-0.3, -0.25) is 9.78 Å². The van der Waals surface area contributed by atoms with Crippen LogP contribution >= 0.6 is 11.6 Å². The smallest absolute Gasteiger partial charge is 0.260 e. The maximum Gasteiger partial charge on any atom is 0.260 e. The number of nitrogens with zero attached hydrogens (tertiary/aromatic N) is 3. The second-order valence-corrected chi connectivity index (χ2v) is 7.34. The maximum absolute atomic E-state index is 12.9. The summed E-state index contributed by atoms with van der Waals surface area (Å²) in [7, 11) is 0. The number of hydrogen-bond acceptors (Lipinski definition) is 4. The SMILES string of the molecule is Cc1nn(Cc2ccccc2)c(Cl)c1C(=O)Nc1cccc(OCc2ccccn2)c1. The van der Waals surface area contributed by atoms with Crippen LogP contribution in [0.3, 0.4) is 0 Å². The van der Waals surface area contributed by atoms with Crippen molar-refractivity contribution in [1.82, 2.24) is 14.8 Å². The van der Waals surface area contributed by atoms with Crippen molar-refractivity contribution in [2.45, 2.75) is 20.1 Å². The van der Waals surface area contributed by atoms with Gasteiger partial charge in [0.15, 0.2) is 0 Å². The fourth-order valence-corrected chi connectivity index (χ4v) is 3.49. The van der Waals surface area contributed by atoms with Crippen LogP contribution in [-0.2, 0) is 13.2 Å². The molecule has 1 N–H and O–H groups in total. The van der Waals surface area contributed by atoms with Gasteiger partial charge in [0.2, 0.25) is 0 Å². The molecule has 0 aliphatic heterocycles. The second-order valence-electron chi connectivity index (χ2n) is 6.99. The molecule has 4 rings (SSSR count). The molecule has 0 fully saturated rings. The van der Waals surface area contributed by atoms with E-state index in [2.05, 4.69) is 15.4 Å². The van der Waals surface area contributed by atoms with Crippen LogP contribution in [0.1, 0.15) is 27.3 Å². The monoisotopic (exact) mass is 432 g/mol. The van der Waals surface area contributed by atoms with Crippen molar-refractivity contribution in [2.75, 3.05) is 5.32 Å². The molecule has 0 spiro atoms. The molecule has 2 aromatic heterocycles. The summed E-state index contributed by atoms with van der Waals surface area (Å²) in [6.45, 7) is 2.61. The average Bonchev–Trinajstić information content (AvgIpc) is 3.07. The molecule has 0 radical (unpaired) electrons. The summed E-state index contributed by atoms with van der Waals surface area (Å²) in [5, 5.41) is 7.63. The van der Waals surface area contributed by atoms with Crippen LogP contribution in [0.2, 0.25) is 5.15 Å². The first-order chi connectivity index (χ1) is 15.1. The number of carbonyl (C=O) groups excluding carboxylic acids is 1. The number of pyridine rings is 1. The first-order valence-corrected chi connectivity index (χ1v) is 10.2. The van der Waals surface area contributed by atoms with E-state index in [1.54, 1.807) is 29.9 Å². The number of rotatable bonds is 7. The quantitative estimate of drug-likeness (QED) is 0.440. The maximum atomic E-state index is 12.9. The van der Waals surface area contributed by atoms with Crippen molar-refractivity contribution >= 4 is 23.2 Å². The molecule has 1 amide bonds. The lowest BCUT2D eigenvalue weighted by Gasteiger charge is -2.09. The predicted octanol–water partition coefficient (Wildman–Crippen LogP) is 5.12. The van der Waals surface area contributed by atoms with Gasteiger partial charge in [-0.2, -0.15) is 5.10 Å². The topological polar surface area (TPSA) is 69.0 Å². The Morgan fingerprint density at radius 1 is 1.06 bits per heavy atom. The van der Waals surface area contributed by atoms with Crippen LogP contribution in [0, 0.1) is 6.92 Å². The molecule has 6 nitrogen and oxygen atoms in total. The third-order valence-corrected chi connectivity index (χ3v) is 5.06. The Bertz CT molecular complexity index is 1180. The zero-order valence-electron chi connectivity index (χ0n) is 17.0. The molecular weight excluding hydrogens is 412 g/mol. The highest BCUT2D eigenvalue weighted by Gasteiger charge is 2.20. The molecule has 156 valence electrons. The van der Waals surface area contributed by atoms with Crippen molar-refractivity contribution in [3.63, 3.8) is 0 Å². The number of nitrogens with one attached hydrogen (secondary N) is 1. The van der Waals surface area contributed by atoms with Crippen LogP contribution in [-0.4, -0.2) is 20.7 Å². The third kappa shape index (κ3) is 5.10. The number of carbonyl (C=O) groups is 1. The first kappa shape index (κ1) is 20.6. The number of anilines is 1. The van der Waals surface area contributed by atoms with Gasteiger partial charge in [-0.1, -0.05) is 54.1 Å². The van der Waals surface area contributed by atoms with Crippen molar-refractivity contribution in [1.29, 1.82) is 0 Å². The van der Waals surface area contributed by atoms with Crippen LogP contribution < -0.4 is 10.1 Å². The Kier molecular flexibility index (Phi) is 6.29. The third-order valence-electron chi connectivity index (χ3n) is 4.67. The van der Waals surface area contributed by atoms with Crippen molar-refractivity contribution in [3.05, 3.63) is 107 Å². The van der Waals surface area contributed by atoms with E-state index < -0.39 is 0 Å². The summed E-state index contributed by atoms with van der Waals surface area (Å²) >= 11 is 6.50. The van der Waals surface area contributed by atoms with Crippen LogP contribution in [0.5, 0.6) is 5.75 Å². The molecule has 31 heavy (non-hydrogen) atoms. The Morgan fingerprint density at radius 3 is 2.65 bits per heavy atom. The summed E-state index contributed by atoms with van der Waals surface area (Å²) in [5.74, 6) is 0.315. The minimum atomic E-state index is -0.316.